The maximum absolute atomic E-state index is 12.6. The van der Waals surface area contributed by atoms with E-state index < -0.39 is 35.8 Å². The van der Waals surface area contributed by atoms with Gasteiger partial charge in [-0.1, -0.05) is 0 Å². The molecule has 1 saturated heterocycles. The number of benzene rings is 1. The van der Waals surface area contributed by atoms with Gasteiger partial charge in [0.15, 0.2) is 23.4 Å². The zero-order chi connectivity index (χ0) is 19.2. The van der Waals surface area contributed by atoms with Crippen LogP contribution in [0.4, 0.5) is 0 Å². The van der Waals surface area contributed by atoms with Gasteiger partial charge in [0.25, 0.3) is 5.79 Å². The fraction of sp³-hybridized carbons (Fsp3) is 0.471. The molecule has 5 unspecified atom stereocenters. The summed E-state index contributed by atoms with van der Waals surface area (Å²) < 4.78 is 15.5. The standard InChI is InChI=1S/C17H20O9/c1-24-11-3-7(4-12(25-2)14(11)20)17(23)16(22)15(21)13-9(19)5-8(18)6-10(13)26-17/h3-4,6,8-9,13,16,18-20,22-23H,5H2,1-2H3. The van der Waals surface area contributed by atoms with E-state index in [-0.39, 0.29) is 35.0 Å². The van der Waals surface area contributed by atoms with Crippen LogP contribution in [0.2, 0.25) is 0 Å². The van der Waals surface area contributed by atoms with Gasteiger partial charge in [-0.15, -0.1) is 0 Å². The molecule has 1 fully saturated rings. The number of ether oxygens (including phenoxy) is 3. The molecule has 142 valence electrons. The normalized spacial score (nSPS) is 33.8. The predicted molar refractivity (Wildman–Crippen MR) is 85.4 cm³/mol. The first-order chi connectivity index (χ1) is 12.2. The molecule has 0 radical (unpaired) electrons. The van der Waals surface area contributed by atoms with Crippen LogP contribution in [-0.4, -0.2) is 63.8 Å². The summed E-state index contributed by atoms with van der Waals surface area (Å²) in [5, 5.41) is 51.1. The number of methoxy groups -OCH3 is 2. The van der Waals surface area contributed by atoms with Gasteiger partial charge >= 0.3 is 0 Å². The highest BCUT2D eigenvalue weighted by Crippen LogP contribution is 2.46. The molecule has 9 nitrogen and oxygen atoms in total. The van der Waals surface area contributed by atoms with Gasteiger partial charge in [0.05, 0.1) is 26.4 Å². The van der Waals surface area contributed by atoms with Crippen molar-refractivity contribution in [1.29, 1.82) is 0 Å². The number of hydrogen-bond acceptors (Lipinski definition) is 9. The number of carbonyl (C=O) groups is 1. The molecule has 0 amide bonds. The van der Waals surface area contributed by atoms with Crippen LogP contribution < -0.4 is 9.47 Å². The Labute approximate surface area is 148 Å². The molecule has 1 heterocycles. The van der Waals surface area contributed by atoms with Gasteiger partial charge in [-0.25, -0.2) is 0 Å². The zero-order valence-corrected chi connectivity index (χ0v) is 14.1. The van der Waals surface area contributed by atoms with Crippen LogP contribution in [0.25, 0.3) is 0 Å². The minimum atomic E-state index is -2.52. The van der Waals surface area contributed by atoms with E-state index in [4.69, 9.17) is 14.2 Å². The SMILES string of the molecule is COc1cc(C2(O)OC3=CC(O)CC(O)C3C(=O)C2O)cc(OC)c1O. The summed E-state index contributed by atoms with van der Waals surface area (Å²) >= 11 is 0. The number of fused-ring (bicyclic) bond motifs is 1. The fourth-order valence-corrected chi connectivity index (χ4v) is 3.28. The second kappa shape index (κ2) is 6.44. The summed E-state index contributed by atoms with van der Waals surface area (Å²) in [5.74, 6) is -5.18. The first-order valence-corrected chi connectivity index (χ1v) is 7.89. The molecule has 26 heavy (non-hydrogen) atoms. The van der Waals surface area contributed by atoms with E-state index in [1.54, 1.807) is 0 Å². The minimum absolute atomic E-state index is 0.0733. The maximum atomic E-state index is 12.6. The fourth-order valence-electron chi connectivity index (χ4n) is 3.28. The summed E-state index contributed by atoms with van der Waals surface area (Å²) in [6.07, 6.45) is -3.21. The third kappa shape index (κ3) is 2.69. The Kier molecular flexibility index (Phi) is 4.57. The summed E-state index contributed by atoms with van der Waals surface area (Å²) in [5.41, 5.74) is -0.112. The van der Waals surface area contributed by atoms with Crippen LogP contribution >= 0.6 is 0 Å². The Morgan fingerprint density at radius 1 is 1.15 bits per heavy atom. The zero-order valence-electron chi connectivity index (χ0n) is 14.1. The lowest BCUT2D eigenvalue weighted by atomic mass is 9.78. The topological polar surface area (TPSA) is 146 Å². The number of carbonyl (C=O) groups excluding carboxylic acids is 1. The molecular weight excluding hydrogens is 348 g/mol. The van der Waals surface area contributed by atoms with Gasteiger partial charge in [-0.2, -0.15) is 0 Å². The average Bonchev–Trinajstić information content (AvgIpc) is 2.59. The lowest BCUT2D eigenvalue weighted by Crippen LogP contribution is -2.57. The number of phenols is 1. The highest BCUT2D eigenvalue weighted by molar-refractivity contribution is 5.90. The van der Waals surface area contributed by atoms with Crippen LogP contribution in [0, 0.1) is 5.92 Å². The second-order valence-corrected chi connectivity index (χ2v) is 6.25. The molecule has 5 atom stereocenters. The van der Waals surface area contributed by atoms with E-state index >= 15 is 0 Å². The second-order valence-electron chi connectivity index (χ2n) is 6.25. The Morgan fingerprint density at radius 2 is 1.73 bits per heavy atom. The minimum Gasteiger partial charge on any atom is -0.502 e. The molecule has 1 aliphatic heterocycles. The Bertz CT molecular complexity index is 734. The van der Waals surface area contributed by atoms with Crippen LogP contribution in [0.5, 0.6) is 17.2 Å². The largest absolute Gasteiger partial charge is 0.502 e. The molecule has 1 aliphatic carbocycles. The molecule has 0 spiro atoms. The quantitative estimate of drug-likeness (QED) is 0.460. The molecule has 1 aromatic rings. The van der Waals surface area contributed by atoms with Gasteiger partial charge in [0.2, 0.25) is 5.75 Å². The molecular formula is C17H20O9. The molecule has 9 heteroatoms. The first-order valence-electron chi connectivity index (χ1n) is 7.89. The first kappa shape index (κ1) is 18.5. The van der Waals surface area contributed by atoms with Gasteiger partial charge in [0.1, 0.15) is 11.7 Å². The van der Waals surface area contributed by atoms with Crippen molar-refractivity contribution in [3.8, 4) is 17.2 Å². The summed E-state index contributed by atoms with van der Waals surface area (Å²) in [4.78, 5) is 12.6. The van der Waals surface area contributed by atoms with Crippen molar-refractivity contribution in [3.05, 3.63) is 29.5 Å². The number of Topliss-reactive ketones (excluding diaryl/α,β-unsaturated/α-hetero) is 1. The van der Waals surface area contributed by atoms with Gasteiger partial charge in [-0.3, -0.25) is 4.79 Å². The van der Waals surface area contributed by atoms with Crippen molar-refractivity contribution in [2.45, 2.75) is 30.5 Å². The number of aliphatic hydroxyl groups excluding tert-OH is 3. The molecule has 5 N–H and O–H groups in total. The molecule has 0 aromatic heterocycles. The molecule has 2 aliphatic rings. The average molecular weight is 368 g/mol. The van der Waals surface area contributed by atoms with Crippen LogP contribution in [-0.2, 0) is 15.3 Å². The smallest absolute Gasteiger partial charge is 0.268 e. The van der Waals surface area contributed by atoms with E-state index in [2.05, 4.69) is 0 Å². The Hall–Kier alpha value is -2.33. The van der Waals surface area contributed by atoms with Crippen molar-refractivity contribution in [3.63, 3.8) is 0 Å². The predicted octanol–water partition coefficient (Wildman–Crippen LogP) is -0.860. The molecule has 0 saturated carbocycles. The van der Waals surface area contributed by atoms with Crippen molar-refractivity contribution < 1.29 is 44.5 Å². The number of aliphatic hydroxyl groups is 4. The number of phenolic OH excluding ortho intramolecular Hbond substituents is 1. The molecule has 3 rings (SSSR count). The number of ketones is 1. The summed E-state index contributed by atoms with van der Waals surface area (Å²) in [6.45, 7) is 0. The van der Waals surface area contributed by atoms with Gasteiger partial charge in [0, 0.05) is 12.0 Å². The Balaban J connectivity index is 2.11. The Morgan fingerprint density at radius 3 is 2.27 bits per heavy atom. The van der Waals surface area contributed by atoms with Crippen LogP contribution in [0.3, 0.4) is 0 Å². The van der Waals surface area contributed by atoms with E-state index in [9.17, 15) is 30.3 Å². The highest BCUT2D eigenvalue weighted by Gasteiger charge is 2.56. The van der Waals surface area contributed by atoms with Crippen LogP contribution in [0.15, 0.2) is 24.0 Å². The third-order valence-corrected chi connectivity index (χ3v) is 4.64. The number of rotatable bonds is 3. The number of aromatic hydroxyl groups is 1. The van der Waals surface area contributed by atoms with E-state index in [0.717, 1.165) is 0 Å². The highest BCUT2D eigenvalue weighted by atomic mass is 16.6. The van der Waals surface area contributed by atoms with E-state index in [1.165, 1.54) is 32.4 Å². The van der Waals surface area contributed by atoms with E-state index in [1.807, 2.05) is 0 Å². The maximum Gasteiger partial charge on any atom is 0.268 e. The van der Waals surface area contributed by atoms with Gasteiger partial charge in [-0.05, 0) is 18.2 Å². The van der Waals surface area contributed by atoms with Crippen molar-refractivity contribution in [2.75, 3.05) is 14.2 Å². The van der Waals surface area contributed by atoms with Crippen LogP contribution in [0.1, 0.15) is 12.0 Å². The lowest BCUT2D eigenvalue weighted by Gasteiger charge is -2.44. The van der Waals surface area contributed by atoms with Crippen molar-refractivity contribution in [1.82, 2.24) is 0 Å². The third-order valence-electron chi connectivity index (χ3n) is 4.64. The van der Waals surface area contributed by atoms with Crippen molar-refractivity contribution in [2.24, 2.45) is 5.92 Å². The monoisotopic (exact) mass is 368 g/mol. The van der Waals surface area contributed by atoms with Crippen molar-refractivity contribution >= 4 is 5.78 Å². The summed E-state index contributed by atoms with van der Waals surface area (Å²) in [6, 6.07) is 2.37. The lowest BCUT2D eigenvalue weighted by molar-refractivity contribution is -0.264. The van der Waals surface area contributed by atoms with E-state index in [0.29, 0.717) is 0 Å². The molecule has 0 bridgehead atoms. The summed E-state index contributed by atoms with van der Waals surface area (Å²) in [7, 11) is 2.55. The molecule has 1 aromatic carbocycles. The number of hydrogen-bond donors (Lipinski definition) is 5. The van der Waals surface area contributed by atoms with Gasteiger partial charge < -0.3 is 39.7 Å².